The molecule has 0 heterocycles. The average Bonchev–Trinajstić information content (AvgIpc) is 2.77. The molecule has 0 aliphatic heterocycles. The minimum absolute atomic E-state index is 0.385. The van der Waals surface area contributed by atoms with E-state index in [0.29, 0.717) is 38.4 Å². The molecule has 0 saturated carbocycles. The molecule has 0 amide bonds. The average molecular weight is 384 g/mol. The van der Waals surface area contributed by atoms with Crippen molar-refractivity contribution in [3.63, 3.8) is 0 Å². The Morgan fingerprint density at radius 3 is 1.62 bits per heavy atom. The molecule has 5 rings (SSSR count). The lowest BCUT2D eigenvalue weighted by molar-refractivity contribution is 1.48. The highest BCUT2D eigenvalue weighted by Gasteiger charge is 2.21. The van der Waals surface area contributed by atoms with Gasteiger partial charge in [-0.25, -0.2) is 0 Å². The zero-order chi connectivity index (χ0) is 20.3. The van der Waals surface area contributed by atoms with Crippen molar-refractivity contribution < 1.29 is 0 Å². The third-order valence-corrected chi connectivity index (χ3v) is 6.00. The maximum absolute atomic E-state index is 9.85. The minimum Gasteiger partial charge on any atom is -0.192 e. The Hall–Kier alpha value is -4.21. The molecule has 5 aromatic carbocycles. The van der Waals surface area contributed by atoms with Gasteiger partial charge in [-0.05, 0) is 39.7 Å². The molecule has 0 radical (unpaired) electrons. The maximum Gasteiger partial charge on any atom is 0.0998 e. The van der Waals surface area contributed by atoms with E-state index in [1.54, 1.807) is 24.3 Å². The van der Waals surface area contributed by atoms with Gasteiger partial charge in [0, 0.05) is 26.9 Å². The fourth-order valence-electron chi connectivity index (χ4n) is 4.38. The first-order valence-electron chi connectivity index (χ1n) is 8.74. The van der Waals surface area contributed by atoms with Crippen LogP contribution in [0.2, 0.25) is 0 Å². The van der Waals surface area contributed by atoms with Gasteiger partial charge in [0.05, 0.1) is 46.5 Å². The molecule has 0 aliphatic carbocycles. The van der Waals surface area contributed by atoms with Gasteiger partial charge >= 0.3 is 0 Å². The highest BCUT2D eigenvalue weighted by atomic mass is 31.0. The molecule has 130 valence electrons. The summed E-state index contributed by atoms with van der Waals surface area (Å²) in [6.07, 6.45) is 0. The molecule has 0 fully saturated rings. The first-order valence-corrected chi connectivity index (χ1v) is 9.32. The highest BCUT2D eigenvalue weighted by molar-refractivity contribution is 7.28. The molecule has 0 saturated heterocycles. The van der Waals surface area contributed by atoms with Crippen LogP contribution in [-0.2, 0) is 0 Å². The van der Waals surface area contributed by atoms with Crippen molar-refractivity contribution in [2.24, 2.45) is 0 Å². The second-order valence-electron chi connectivity index (χ2n) is 6.82. The summed E-state index contributed by atoms with van der Waals surface area (Å²) in [7, 11) is 2.67. The molecule has 5 aromatic rings. The van der Waals surface area contributed by atoms with E-state index < -0.39 is 0 Å². The molecular formula is C24H9N4P. The Bertz CT molecular complexity index is 1680. The van der Waals surface area contributed by atoms with E-state index in [2.05, 4.69) is 33.5 Å². The van der Waals surface area contributed by atoms with Gasteiger partial charge in [0.2, 0.25) is 0 Å². The van der Waals surface area contributed by atoms with Crippen molar-refractivity contribution in [3.05, 3.63) is 64.7 Å². The van der Waals surface area contributed by atoms with E-state index in [9.17, 15) is 21.0 Å². The van der Waals surface area contributed by atoms with Gasteiger partial charge in [0.15, 0.2) is 0 Å². The van der Waals surface area contributed by atoms with Crippen molar-refractivity contribution in [1.82, 2.24) is 0 Å². The van der Waals surface area contributed by atoms with E-state index in [-0.39, 0.29) is 0 Å². The van der Waals surface area contributed by atoms with E-state index in [1.807, 2.05) is 18.2 Å². The molecule has 29 heavy (non-hydrogen) atoms. The molecular weight excluding hydrogens is 375 g/mol. The van der Waals surface area contributed by atoms with Crippen molar-refractivity contribution in [2.45, 2.75) is 0 Å². The van der Waals surface area contributed by atoms with Gasteiger partial charge in [-0.2, -0.15) is 21.0 Å². The minimum atomic E-state index is 0.385. The monoisotopic (exact) mass is 384 g/mol. The number of benzene rings is 5. The third kappa shape index (κ3) is 2.02. The molecule has 0 aromatic heterocycles. The normalized spacial score (nSPS) is 10.8. The number of hydrogen-bond donors (Lipinski definition) is 0. The van der Waals surface area contributed by atoms with Crippen LogP contribution in [0.3, 0.4) is 0 Å². The summed E-state index contributed by atoms with van der Waals surface area (Å²) in [5, 5.41) is 46.0. The second kappa shape index (κ2) is 5.89. The number of nitrogens with zero attached hydrogens (tertiary/aromatic N) is 4. The first-order chi connectivity index (χ1) is 14.1. The molecule has 0 bridgehead atoms. The van der Waals surface area contributed by atoms with Crippen LogP contribution < -0.4 is 5.30 Å². The lowest BCUT2D eigenvalue weighted by Gasteiger charge is -2.18. The molecule has 1 atom stereocenters. The molecule has 0 spiro atoms. The third-order valence-electron chi connectivity index (χ3n) is 5.52. The number of fused-ring (bicyclic) bond motifs is 2. The van der Waals surface area contributed by atoms with Crippen LogP contribution in [0.15, 0.2) is 42.5 Å². The van der Waals surface area contributed by atoms with Gasteiger partial charge in [-0.1, -0.05) is 24.3 Å². The van der Waals surface area contributed by atoms with Crippen molar-refractivity contribution in [1.29, 1.82) is 21.0 Å². The SMILES string of the molecule is N#Cc1cc(C#N)c2c3ccc(P)c4c(C#N)ccc(c5c(C#N)ccc1c52)c43. The van der Waals surface area contributed by atoms with Crippen LogP contribution >= 0.6 is 9.24 Å². The summed E-state index contributed by atoms with van der Waals surface area (Å²) in [4.78, 5) is 0. The van der Waals surface area contributed by atoms with Gasteiger partial charge < -0.3 is 0 Å². The summed E-state index contributed by atoms with van der Waals surface area (Å²) in [5.41, 5.74) is 1.80. The number of rotatable bonds is 0. The van der Waals surface area contributed by atoms with E-state index in [1.165, 1.54) is 0 Å². The predicted molar refractivity (Wildman–Crippen MR) is 116 cm³/mol. The Morgan fingerprint density at radius 2 is 1.00 bits per heavy atom. The van der Waals surface area contributed by atoms with E-state index in [0.717, 1.165) is 32.2 Å². The maximum atomic E-state index is 9.85. The lowest BCUT2D eigenvalue weighted by atomic mass is 9.84. The summed E-state index contributed by atoms with van der Waals surface area (Å²) < 4.78 is 0. The van der Waals surface area contributed by atoms with E-state index >= 15 is 0 Å². The molecule has 0 N–H and O–H groups in total. The van der Waals surface area contributed by atoms with Gasteiger partial charge in [0.1, 0.15) is 0 Å². The Labute approximate surface area is 167 Å². The molecule has 4 nitrogen and oxygen atoms in total. The van der Waals surface area contributed by atoms with Crippen LogP contribution in [0.1, 0.15) is 22.3 Å². The van der Waals surface area contributed by atoms with Gasteiger partial charge in [0.25, 0.3) is 0 Å². The zero-order valence-electron chi connectivity index (χ0n) is 14.9. The fourth-order valence-corrected chi connectivity index (χ4v) is 4.78. The van der Waals surface area contributed by atoms with Crippen LogP contribution in [0.25, 0.3) is 43.1 Å². The van der Waals surface area contributed by atoms with Gasteiger partial charge in [-0.15, -0.1) is 9.24 Å². The summed E-state index contributed by atoms with van der Waals surface area (Å²) >= 11 is 0. The fraction of sp³-hybridized carbons (Fsp3) is 0. The lowest BCUT2D eigenvalue weighted by Crippen LogP contribution is -2.00. The number of nitriles is 4. The van der Waals surface area contributed by atoms with E-state index in [4.69, 9.17) is 0 Å². The van der Waals surface area contributed by atoms with Crippen LogP contribution in [0, 0.1) is 45.3 Å². The Morgan fingerprint density at radius 1 is 0.483 bits per heavy atom. The standard InChI is InChI=1S/C24H9N4P/c25-8-12-1-3-16-14(10-27)7-15(11-28)21-18-5-6-19(29)22-13(9-26)2-4-17(23(18)22)20(12)24(16)21/h1-7H,29H2. The highest BCUT2D eigenvalue weighted by Crippen LogP contribution is 2.44. The predicted octanol–water partition coefficient (Wildman–Crippen LogP) is 4.72. The van der Waals surface area contributed by atoms with Crippen LogP contribution in [0.4, 0.5) is 0 Å². The largest absolute Gasteiger partial charge is 0.192 e. The van der Waals surface area contributed by atoms with Gasteiger partial charge in [-0.3, -0.25) is 0 Å². The summed E-state index contributed by atoms with van der Waals surface area (Å²) in [5.74, 6) is 0. The molecule has 1 unspecified atom stereocenters. The summed E-state index contributed by atoms with van der Waals surface area (Å²) in [6.45, 7) is 0. The summed E-state index contributed by atoms with van der Waals surface area (Å²) in [6, 6.07) is 21.5. The van der Waals surface area contributed by atoms with Crippen molar-refractivity contribution in [2.75, 3.05) is 0 Å². The quantitative estimate of drug-likeness (QED) is 0.219. The van der Waals surface area contributed by atoms with Crippen molar-refractivity contribution in [3.8, 4) is 24.3 Å². The Kier molecular flexibility index (Phi) is 3.44. The first kappa shape index (κ1) is 16.9. The second-order valence-corrected chi connectivity index (χ2v) is 7.44. The molecule has 5 heteroatoms. The Balaban J connectivity index is 2.32. The smallest absolute Gasteiger partial charge is 0.0998 e. The number of hydrogen-bond acceptors (Lipinski definition) is 4. The van der Waals surface area contributed by atoms with Crippen LogP contribution in [0.5, 0.6) is 0 Å². The molecule has 0 aliphatic rings. The van der Waals surface area contributed by atoms with Crippen LogP contribution in [-0.4, -0.2) is 0 Å². The zero-order valence-corrected chi connectivity index (χ0v) is 16.1. The van der Waals surface area contributed by atoms with Crippen molar-refractivity contribution >= 4 is 57.6 Å². The topological polar surface area (TPSA) is 95.2 Å².